The number of benzene rings is 1. The van der Waals surface area contributed by atoms with Crippen LogP contribution in [-0.2, 0) is 21.2 Å². The zero-order valence-corrected chi connectivity index (χ0v) is 17.5. The molecule has 29 heavy (non-hydrogen) atoms. The Morgan fingerprint density at radius 1 is 1.17 bits per heavy atom. The van der Waals surface area contributed by atoms with Crippen molar-refractivity contribution in [2.24, 2.45) is 0 Å². The van der Waals surface area contributed by atoms with E-state index in [9.17, 15) is 13.5 Å². The molecule has 0 bridgehead atoms. The van der Waals surface area contributed by atoms with Gasteiger partial charge in [-0.25, -0.2) is 13.1 Å². The third-order valence-electron chi connectivity index (χ3n) is 4.89. The van der Waals surface area contributed by atoms with E-state index >= 15 is 0 Å². The first-order chi connectivity index (χ1) is 13.6. The number of rotatable bonds is 5. The minimum absolute atomic E-state index is 0.00139. The molecule has 0 aliphatic carbocycles. The van der Waals surface area contributed by atoms with Crippen LogP contribution >= 0.6 is 0 Å². The molecule has 1 aliphatic heterocycles. The molecule has 9 heteroatoms. The second-order valence-corrected chi connectivity index (χ2v) is 10.0. The van der Waals surface area contributed by atoms with E-state index in [1.807, 2.05) is 30.3 Å². The van der Waals surface area contributed by atoms with Crippen molar-refractivity contribution < 1.29 is 13.5 Å². The molecule has 154 valence electrons. The molecule has 2 atom stereocenters. The van der Waals surface area contributed by atoms with Crippen LogP contribution in [0.2, 0.25) is 0 Å². The van der Waals surface area contributed by atoms with E-state index in [0.29, 0.717) is 11.4 Å². The van der Waals surface area contributed by atoms with E-state index in [-0.39, 0.29) is 30.0 Å². The van der Waals surface area contributed by atoms with Gasteiger partial charge in [0.25, 0.3) is 0 Å². The number of nitrogens with zero attached hydrogens (tertiary/aromatic N) is 4. The summed E-state index contributed by atoms with van der Waals surface area (Å²) in [5, 5.41) is 26.8. The Morgan fingerprint density at radius 3 is 2.41 bits per heavy atom. The fourth-order valence-electron chi connectivity index (χ4n) is 3.24. The maximum atomic E-state index is 12.6. The lowest BCUT2D eigenvalue weighted by atomic mass is 9.87. The molecule has 0 radical (unpaired) electrons. The monoisotopic (exact) mass is 415 g/mol. The summed E-state index contributed by atoms with van der Waals surface area (Å²) in [5.74, 6) is 0.333. The molecule has 3 rings (SSSR count). The van der Waals surface area contributed by atoms with Gasteiger partial charge in [-0.2, -0.15) is 5.26 Å². The van der Waals surface area contributed by atoms with Crippen LogP contribution in [0.5, 0.6) is 0 Å². The largest absolute Gasteiger partial charge is 0.390 e. The summed E-state index contributed by atoms with van der Waals surface area (Å²) in [7, 11) is -3.63. The summed E-state index contributed by atoms with van der Waals surface area (Å²) in [5.41, 5.74) is 2.02. The van der Waals surface area contributed by atoms with Gasteiger partial charge >= 0.3 is 0 Å². The van der Waals surface area contributed by atoms with E-state index in [1.54, 1.807) is 11.0 Å². The second kappa shape index (κ2) is 8.06. The standard InChI is InChI=1S/C20H25N5O3S/c1-20(2,3)15-6-4-14(5-7-15)13-29(27,28)24-17-11-25(12-18(17)26)19-9-8-16(10-21)22-23-19/h4-9,17-18,24,26H,11-13H2,1-3H3/t17-,18-/m1/s1. The Kier molecular flexibility index (Phi) is 5.89. The summed E-state index contributed by atoms with van der Waals surface area (Å²) in [6, 6.07) is 11.9. The average molecular weight is 416 g/mol. The number of hydrogen-bond acceptors (Lipinski definition) is 7. The Hall–Kier alpha value is -2.54. The molecule has 1 fully saturated rings. The van der Waals surface area contributed by atoms with Crippen LogP contribution in [0.25, 0.3) is 0 Å². The molecular weight excluding hydrogens is 390 g/mol. The van der Waals surface area contributed by atoms with Gasteiger partial charge in [0.1, 0.15) is 6.07 Å². The van der Waals surface area contributed by atoms with Gasteiger partial charge in [-0.15, -0.1) is 10.2 Å². The van der Waals surface area contributed by atoms with Gasteiger partial charge < -0.3 is 10.0 Å². The number of β-amino-alcohol motifs (C(OH)–C–C–N with tert-alkyl or cyclic N) is 1. The minimum Gasteiger partial charge on any atom is -0.390 e. The molecule has 0 unspecified atom stereocenters. The molecule has 0 saturated carbocycles. The Bertz CT molecular complexity index is 992. The van der Waals surface area contributed by atoms with Crippen molar-refractivity contribution in [2.45, 2.75) is 44.1 Å². The molecule has 8 nitrogen and oxygen atoms in total. The number of hydrogen-bond donors (Lipinski definition) is 2. The molecule has 2 heterocycles. The highest BCUT2D eigenvalue weighted by molar-refractivity contribution is 7.88. The van der Waals surface area contributed by atoms with Crippen LogP contribution in [0.15, 0.2) is 36.4 Å². The molecule has 2 N–H and O–H groups in total. The summed E-state index contributed by atoms with van der Waals surface area (Å²) in [4.78, 5) is 1.74. The van der Waals surface area contributed by atoms with Gasteiger partial charge in [-0.1, -0.05) is 45.0 Å². The van der Waals surface area contributed by atoms with Gasteiger partial charge in [0.15, 0.2) is 11.5 Å². The number of sulfonamides is 1. The zero-order chi connectivity index (χ0) is 21.2. The maximum Gasteiger partial charge on any atom is 0.216 e. The summed E-state index contributed by atoms with van der Waals surface area (Å²) < 4.78 is 27.8. The fraction of sp³-hybridized carbons (Fsp3) is 0.450. The van der Waals surface area contributed by atoms with E-state index in [4.69, 9.17) is 5.26 Å². The first kappa shape index (κ1) is 21.2. The van der Waals surface area contributed by atoms with Crippen LogP contribution in [0.4, 0.5) is 5.82 Å². The van der Waals surface area contributed by atoms with Gasteiger partial charge in [-0.3, -0.25) is 0 Å². The molecule has 1 saturated heterocycles. The van der Waals surface area contributed by atoms with E-state index in [0.717, 1.165) is 5.56 Å². The van der Waals surface area contributed by atoms with Crippen molar-refractivity contribution in [3.63, 3.8) is 0 Å². The number of nitrogens with one attached hydrogen (secondary N) is 1. The smallest absolute Gasteiger partial charge is 0.216 e. The lowest BCUT2D eigenvalue weighted by Gasteiger charge is -2.19. The third-order valence-corrected chi connectivity index (χ3v) is 6.26. The van der Waals surface area contributed by atoms with Crippen molar-refractivity contribution in [2.75, 3.05) is 18.0 Å². The molecule has 2 aromatic rings. The van der Waals surface area contributed by atoms with E-state index in [2.05, 4.69) is 35.7 Å². The first-order valence-electron chi connectivity index (χ1n) is 9.34. The van der Waals surface area contributed by atoms with Crippen LogP contribution in [0, 0.1) is 11.3 Å². The fourth-order valence-corrected chi connectivity index (χ4v) is 4.64. The van der Waals surface area contributed by atoms with Crippen molar-refractivity contribution in [1.82, 2.24) is 14.9 Å². The van der Waals surface area contributed by atoms with Gasteiger partial charge in [0.2, 0.25) is 10.0 Å². The predicted octanol–water partition coefficient (Wildman–Crippen LogP) is 1.31. The highest BCUT2D eigenvalue weighted by Gasteiger charge is 2.35. The number of anilines is 1. The molecule has 1 aliphatic rings. The second-order valence-electron chi connectivity index (χ2n) is 8.29. The van der Waals surface area contributed by atoms with Gasteiger partial charge in [-0.05, 0) is 28.7 Å². The van der Waals surface area contributed by atoms with Crippen molar-refractivity contribution >= 4 is 15.8 Å². The molecule has 1 aromatic carbocycles. The highest BCUT2D eigenvalue weighted by Crippen LogP contribution is 2.23. The summed E-state index contributed by atoms with van der Waals surface area (Å²) >= 11 is 0. The van der Waals surface area contributed by atoms with Crippen LogP contribution in [0.3, 0.4) is 0 Å². The number of aliphatic hydroxyl groups excluding tert-OH is 1. The molecule has 0 amide bonds. The van der Waals surface area contributed by atoms with Crippen LogP contribution in [0.1, 0.15) is 37.6 Å². The quantitative estimate of drug-likeness (QED) is 0.756. The Labute approximate surface area is 171 Å². The normalized spacial score (nSPS) is 19.9. The topological polar surface area (TPSA) is 119 Å². The third kappa shape index (κ3) is 5.29. The summed E-state index contributed by atoms with van der Waals surface area (Å²) in [6.07, 6.45) is -0.870. The van der Waals surface area contributed by atoms with Crippen molar-refractivity contribution in [3.8, 4) is 6.07 Å². The lowest BCUT2D eigenvalue weighted by molar-refractivity contribution is 0.174. The van der Waals surface area contributed by atoms with E-state index < -0.39 is 22.2 Å². The van der Waals surface area contributed by atoms with Gasteiger partial charge in [0.05, 0.1) is 17.9 Å². The number of aromatic nitrogens is 2. The van der Waals surface area contributed by atoms with Crippen LogP contribution in [-0.4, -0.2) is 49.0 Å². The Morgan fingerprint density at radius 2 is 1.86 bits per heavy atom. The molecule has 1 aromatic heterocycles. The number of aliphatic hydroxyl groups is 1. The summed E-state index contributed by atoms with van der Waals surface area (Å²) in [6.45, 7) is 6.81. The Balaban J connectivity index is 1.64. The van der Waals surface area contributed by atoms with Gasteiger partial charge in [0, 0.05) is 13.1 Å². The predicted molar refractivity (Wildman–Crippen MR) is 110 cm³/mol. The van der Waals surface area contributed by atoms with Crippen molar-refractivity contribution in [1.29, 1.82) is 5.26 Å². The highest BCUT2D eigenvalue weighted by atomic mass is 32.2. The van der Waals surface area contributed by atoms with Crippen molar-refractivity contribution in [3.05, 3.63) is 53.2 Å². The maximum absolute atomic E-state index is 12.6. The minimum atomic E-state index is -3.63. The first-order valence-corrected chi connectivity index (χ1v) is 11.0. The average Bonchev–Trinajstić information content (AvgIpc) is 3.01. The van der Waals surface area contributed by atoms with Crippen LogP contribution < -0.4 is 9.62 Å². The molecular formula is C20H25N5O3S. The van der Waals surface area contributed by atoms with E-state index in [1.165, 1.54) is 6.07 Å². The SMILES string of the molecule is CC(C)(C)c1ccc(CS(=O)(=O)N[C@@H]2CN(c3ccc(C#N)nn3)C[C@H]2O)cc1. The lowest BCUT2D eigenvalue weighted by Crippen LogP contribution is -2.43. The zero-order valence-electron chi connectivity index (χ0n) is 16.7. The number of nitriles is 1. The molecule has 0 spiro atoms.